The van der Waals surface area contributed by atoms with E-state index in [0.717, 1.165) is 16.4 Å². The first-order chi connectivity index (χ1) is 21.4. The van der Waals surface area contributed by atoms with Gasteiger partial charge in [0.2, 0.25) is 5.91 Å². The number of benzene rings is 2. The van der Waals surface area contributed by atoms with Gasteiger partial charge >= 0.3 is 5.97 Å². The molecule has 45 heavy (non-hydrogen) atoms. The van der Waals surface area contributed by atoms with Gasteiger partial charge in [-0.1, -0.05) is 23.7 Å². The van der Waals surface area contributed by atoms with Gasteiger partial charge in [-0.2, -0.15) is 14.9 Å². The lowest BCUT2D eigenvalue weighted by atomic mass is 9.84. The Bertz CT molecular complexity index is 1820. The van der Waals surface area contributed by atoms with E-state index in [2.05, 4.69) is 15.3 Å². The highest BCUT2D eigenvalue weighted by Gasteiger charge is 2.54. The van der Waals surface area contributed by atoms with Crippen molar-refractivity contribution >= 4 is 29.4 Å². The fourth-order valence-electron chi connectivity index (χ4n) is 6.12. The Balaban J connectivity index is 1.45. The highest BCUT2D eigenvalue weighted by molar-refractivity contribution is 6.34. The number of aromatic nitrogens is 4. The third-order valence-electron chi connectivity index (χ3n) is 8.96. The van der Waals surface area contributed by atoms with Gasteiger partial charge in [0.15, 0.2) is 0 Å². The summed E-state index contributed by atoms with van der Waals surface area (Å²) in [6.07, 6.45) is 2.49. The molecule has 2 aromatic heterocycles. The maximum atomic E-state index is 15.3. The van der Waals surface area contributed by atoms with Gasteiger partial charge in [-0.15, -0.1) is 8.96 Å². The standard InChI is InChI=1S/C31H28ClF3N6O4/c1-16(24-10-13-36-37-24)39(2)28(42)17-6-9-20-25(15-17)40(38-27(20)19-8-7-18(30(44)45)14-23(19)33)29(43)26-21(4-3-5-22(26)32)31(11-12-31)41(34)35/h3-5,7-8,10,13-14,16-17H,6,9,11-12,15H2,1-2H3,(H,36,37)(H,44,45). The summed E-state index contributed by atoms with van der Waals surface area (Å²) in [5.74, 6) is -3.73. The minimum absolute atomic E-state index is 0.0331. The van der Waals surface area contributed by atoms with Crippen LogP contribution in [-0.4, -0.2) is 60.2 Å². The van der Waals surface area contributed by atoms with Crippen LogP contribution in [0.25, 0.3) is 11.3 Å². The Morgan fingerprint density at radius 2 is 1.93 bits per heavy atom. The number of hydrogen-bond donors (Lipinski definition) is 2. The zero-order valence-electron chi connectivity index (χ0n) is 24.2. The van der Waals surface area contributed by atoms with Gasteiger partial charge < -0.3 is 10.0 Å². The first kappa shape index (κ1) is 30.5. The number of halogens is 4. The summed E-state index contributed by atoms with van der Waals surface area (Å²) in [6, 6.07) is 9.16. The molecule has 2 heterocycles. The number of fused-ring (bicyclic) bond motifs is 1. The number of carbonyl (C=O) groups excluding carboxylic acids is 2. The molecule has 10 nitrogen and oxygen atoms in total. The summed E-state index contributed by atoms with van der Waals surface area (Å²) < 4.78 is 44.5. The number of carboxylic acid groups (broad SMARTS) is 1. The smallest absolute Gasteiger partial charge is 0.335 e. The Labute approximate surface area is 260 Å². The van der Waals surface area contributed by atoms with Crippen LogP contribution in [0.4, 0.5) is 13.4 Å². The predicted octanol–water partition coefficient (Wildman–Crippen LogP) is 5.84. The van der Waals surface area contributed by atoms with Crippen molar-refractivity contribution in [3.63, 3.8) is 0 Å². The van der Waals surface area contributed by atoms with Crippen LogP contribution in [0.2, 0.25) is 5.02 Å². The minimum atomic E-state index is -1.67. The van der Waals surface area contributed by atoms with Gasteiger partial charge in [-0.05, 0) is 68.5 Å². The van der Waals surface area contributed by atoms with Crippen LogP contribution in [0.1, 0.15) is 75.5 Å². The number of nitrogens with one attached hydrogen (secondary N) is 1. The molecule has 1 amide bonds. The average molecular weight is 641 g/mol. The van der Waals surface area contributed by atoms with Crippen molar-refractivity contribution in [3.05, 3.63) is 93.1 Å². The second-order valence-electron chi connectivity index (χ2n) is 11.5. The van der Waals surface area contributed by atoms with Crippen LogP contribution in [0, 0.1) is 11.7 Å². The van der Waals surface area contributed by atoms with E-state index in [4.69, 9.17) is 11.6 Å². The summed E-state index contributed by atoms with van der Waals surface area (Å²) in [7, 11) is 1.67. The summed E-state index contributed by atoms with van der Waals surface area (Å²) in [6.45, 7) is 1.85. The van der Waals surface area contributed by atoms with Crippen LogP contribution in [-0.2, 0) is 23.2 Å². The Morgan fingerprint density at radius 1 is 1.18 bits per heavy atom. The molecule has 6 rings (SSSR count). The molecule has 0 saturated heterocycles. The quantitative estimate of drug-likeness (QED) is 0.232. The van der Waals surface area contributed by atoms with Gasteiger partial charge in [-0.25, -0.2) is 9.18 Å². The molecule has 2 aromatic carbocycles. The normalized spacial score (nSPS) is 17.5. The van der Waals surface area contributed by atoms with E-state index in [1.807, 2.05) is 6.92 Å². The number of H-pyrrole nitrogens is 1. The van der Waals surface area contributed by atoms with Crippen LogP contribution in [0.15, 0.2) is 48.7 Å². The number of amides is 1. The van der Waals surface area contributed by atoms with Crippen molar-refractivity contribution in [1.82, 2.24) is 30.2 Å². The number of hydrogen-bond acceptors (Lipinski definition) is 6. The van der Waals surface area contributed by atoms with Crippen molar-refractivity contribution < 1.29 is 32.8 Å². The second-order valence-corrected chi connectivity index (χ2v) is 11.9. The van der Waals surface area contributed by atoms with E-state index in [1.54, 1.807) is 24.2 Å². The molecule has 0 radical (unpaired) electrons. The molecule has 4 aromatic rings. The molecule has 2 aliphatic rings. The maximum Gasteiger partial charge on any atom is 0.335 e. The van der Waals surface area contributed by atoms with Crippen molar-refractivity contribution in [2.24, 2.45) is 5.92 Å². The van der Waals surface area contributed by atoms with Crippen molar-refractivity contribution in [1.29, 1.82) is 0 Å². The predicted molar refractivity (Wildman–Crippen MR) is 156 cm³/mol. The van der Waals surface area contributed by atoms with E-state index in [1.165, 1.54) is 30.3 Å². The third kappa shape index (κ3) is 5.19. The molecular formula is C31H28ClF3N6O4. The van der Waals surface area contributed by atoms with E-state index < -0.39 is 34.5 Å². The van der Waals surface area contributed by atoms with Crippen LogP contribution in [0.3, 0.4) is 0 Å². The fraction of sp³-hybridized carbons (Fsp3) is 0.323. The van der Waals surface area contributed by atoms with Crippen LogP contribution in [0.5, 0.6) is 0 Å². The molecule has 1 saturated carbocycles. The van der Waals surface area contributed by atoms with Crippen molar-refractivity contribution in [2.75, 3.05) is 7.05 Å². The first-order valence-electron chi connectivity index (χ1n) is 14.3. The lowest BCUT2D eigenvalue weighted by Gasteiger charge is -2.30. The third-order valence-corrected chi connectivity index (χ3v) is 9.28. The highest BCUT2D eigenvalue weighted by atomic mass is 35.5. The lowest BCUT2D eigenvalue weighted by Crippen LogP contribution is -2.38. The van der Waals surface area contributed by atoms with E-state index >= 15 is 4.39 Å². The van der Waals surface area contributed by atoms with Gasteiger partial charge in [-0.3, -0.25) is 14.7 Å². The molecule has 0 aliphatic heterocycles. The minimum Gasteiger partial charge on any atom is -0.478 e. The molecule has 2 unspecified atom stereocenters. The monoisotopic (exact) mass is 640 g/mol. The van der Waals surface area contributed by atoms with Crippen molar-refractivity contribution in [3.8, 4) is 11.3 Å². The summed E-state index contributed by atoms with van der Waals surface area (Å²) in [5, 5.41) is 19.7. The maximum absolute atomic E-state index is 15.3. The van der Waals surface area contributed by atoms with E-state index in [9.17, 15) is 28.5 Å². The Kier molecular flexibility index (Phi) is 7.77. The number of nitrogens with zero attached hydrogens (tertiary/aromatic N) is 5. The topological polar surface area (TPSA) is 124 Å². The zero-order chi connectivity index (χ0) is 32.2. The van der Waals surface area contributed by atoms with E-state index in [-0.39, 0.29) is 70.6 Å². The van der Waals surface area contributed by atoms with E-state index in [0.29, 0.717) is 17.7 Å². The Hall–Kier alpha value is -4.49. The zero-order valence-corrected chi connectivity index (χ0v) is 25.0. The van der Waals surface area contributed by atoms with Crippen LogP contribution < -0.4 is 0 Å². The van der Waals surface area contributed by atoms with Crippen LogP contribution >= 0.6 is 11.6 Å². The molecular weight excluding hydrogens is 613 g/mol. The molecule has 2 N–H and O–H groups in total. The van der Waals surface area contributed by atoms with Crippen molar-refractivity contribution in [2.45, 2.75) is 50.6 Å². The number of carboxylic acids is 1. The largest absolute Gasteiger partial charge is 0.478 e. The molecule has 0 spiro atoms. The SMILES string of the molecule is CC(c1ccn[nH]1)N(C)C(=O)C1CCc2c(-c3ccc(C(=O)O)cc3F)nn(C(=O)c3c(Cl)cccc3C3(N(F)F)CC3)c2C1. The fourth-order valence-corrected chi connectivity index (χ4v) is 6.37. The molecule has 2 atom stereocenters. The van der Waals surface area contributed by atoms with Gasteiger partial charge in [0.05, 0.1) is 39.3 Å². The molecule has 1 fully saturated rings. The number of aromatic carboxylic acids is 1. The van der Waals surface area contributed by atoms with Gasteiger partial charge in [0.1, 0.15) is 11.4 Å². The highest BCUT2D eigenvalue weighted by Crippen LogP contribution is 2.53. The second kappa shape index (κ2) is 11.5. The average Bonchev–Trinajstić information content (AvgIpc) is 3.49. The molecule has 0 bridgehead atoms. The molecule has 234 valence electrons. The summed E-state index contributed by atoms with van der Waals surface area (Å²) in [4.78, 5) is 41.0. The molecule has 14 heteroatoms. The number of rotatable bonds is 8. The summed E-state index contributed by atoms with van der Waals surface area (Å²) in [5.41, 5.74) is -0.409. The lowest BCUT2D eigenvalue weighted by molar-refractivity contribution is -0.202. The Morgan fingerprint density at radius 3 is 2.56 bits per heavy atom. The first-order valence-corrected chi connectivity index (χ1v) is 14.7. The number of carbonyl (C=O) groups is 3. The number of aromatic amines is 1. The van der Waals surface area contributed by atoms with Gasteiger partial charge in [0.25, 0.3) is 5.91 Å². The molecule has 2 aliphatic carbocycles. The van der Waals surface area contributed by atoms with Gasteiger partial charge in [0, 0.05) is 42.1 Å². The summed E-state index contributed by atoms with van der Waals surface area (Å²) >= 11 is 6.49.